The number of amides is 2. The molecule has 0 bridgehead atoms. The zero-order chi connectivity index (χ0) is 22.7. The summed E-state index contributed by atoms with van der Waals surface area (Å²) in [4.78, 5) is 22.2. The predicted molar refractivity (Wildman–Crippen MR) is 112 cm³/mol. The van der Waals surface area contributed by atoms with E-state index in [0.717, 1.165) is 24.8 Å². The van der Waals surface area contributed by atoms with Gasteiger partial charge in [-0.2, -0.15) is 18.2 Å². The lowest BCUT2D eigenvalue weighted by Crippen LogP contribution is -2.51. The van der Waals surface area contributed by atoms with Crippen LogP contribution in [0, 0.1) is 0 Å². The average molecular weight is 451 g/mol. The molecule has 2 amide bonds. The monoisotopic (exact) mass is 451 g/mol. The molecule has 2 aliphatic rings. The van der Waals surface area contributed by atoms with Gasteiger partial charge in [0.25, 0.3) is 0 Å². The number of nitrogens with zero attached hydrogens (tertiary/aromatic N) is 4. The molecule has 2 aromatic rings. The number of nitrogens with two attached hydrogens (primary N) is 1. The first kappa shape index (κ1) is 22.1. The first-order valence-electron chi connectivity index (χ1n) is 10.2. The number of anilines is 3. The number of carbonyl (C=O) groups is 1. The first-order chi connectivity index (χ1) is 15.3. The number of urea groups is 1. The van der Waals surface area contributed by atoms with Crippen molar-refractivity contribution in [1.29, 1.82) is 0 Å². The molecule has 4 rings (SSSR count). The molecule has 0 aliphatic carbocycles. The van der Waals surface area contributed by atoms with E-state index < -0.39 is 17.8 Å². The number of benzene rings is 1. The highest BCUT2D eigenvalue weighted by atomic mass is 19.4. The Morgan fingerprint density at radius 2 is 1.91 bits per heavy atom. The lowest BCUT2D eigenvalue weighted by molar-refractivity contribution is -0.137. The number of halogens is 3. The molecule has 1 aromatic carbocycles. The largest absolute Gasteiger partial charge is 0.421 e. The SMILES string of the molecule is NC(=O)N1CCN(c2nc(Nc3ccc(C4CNCCO4)cc3)ncc2C(F)(F)F)CC1. The van der Waals surface area contributed by atoms with Crippen molar-refractivity contribution in [2.45, 2.75) is 12.3 Å². The smallest absolute Gasteiger partial charge is 0.371 e. The van der Waals surface area contributed by atoms with Crippen LogP contribution in [0.2, 0.25) is 0 Å². The minimum Gasteiger partial charge on any atom is -0.371 e. The van der Waals surface area contributed by atoms with Crippen LogP contribution in [0.1, 0.15) is 17.2 Å². The van der Waals surface area contributed by atoms with Gasteiger partial charge >= 0.3 is 12.2 Å². The van der Waals surface area contributed by atoms with E-state index in [-0.39, 0.29) is 44.0 Å². The van der Waals surface area contributed by atoms with E-state index in [4.69, 9.17) is 10.5 Å². The number of rotatable bonds is 4. The van der Waals surface area contributed by atoms with Crippen LogP contribution in [0.15, 0.2) is 30.5 Å². The number of nitrogens with one attached hydrogen (secondary N) is 2. The van der Waals surface area contributed by atoms with Gasteiger partial charge in [-0.25, -0.2) is 9.78 Å². The quantitative estimate of drug-likeness (QED) is 0.653. The van der Waals surface area contributed by atoms with Crippen LogP contribution < -0.4 is 21.3 Å². The van der Waals surface area contributed by atoms with E-state index in [0.29, 0.717) is 12.3 Å². The molecule has 1 unspecified atom stereocenters. The summed E-state index contributed by atoms with van der Waals surface area (Å²) in [5.74, 6) is -0.175. The fourth-order valence-corrected chi connectivity index (χ4v) is 3.70. The van der Waals surface area contributed by atoms with Crippen LogP contribution in [0.5, 0.6) is 0 Å². The van der Waals surface area contributed by atoms with E-state index in [1.807, 2.05) is 12.1 Å². The highest BCUT2D eigenvalue weighted by molar-refractivity contribution is 5.72. The summed E-state index contributed by atoms with van der Waals surface area (Å²) >= 11 is 0. The van der Waals surface area contributed by atoms with Crippen molar-refractivity contribution in [2.75, 3.05) is 56.1 Å². The average Bonchev–Trinajstić information content (AvgIpc) is 2.79. The summed E-state index contributed by atoms with van der Waals surface area (Å²) in [7, 11) is 0. The number of hydrogen-bond donors (Lipinski definition) is 3. The van der Waals surface area contributed by atoms with Crippen molar-refractivity contribution >= 4 is 23.5 Å². The number of piperazine rings is 1. The van der Waals surface area contributed by atoms with E-state index in [1.54, 1.807) is 12.1 Å². The van der Waals surface area contributed by atoms with Crippen molar-refractivity contribution < 1.29 is 22.7 Å². The van der Waals surface area contributed by atoms with E-state index >= 15 is 0 Å². The molecule has 172 valence electrons. The van der Waals surface area contributed by atoms with Crippen LogP contribution in [-0.2, 0) is 10.9 Å². The third-order valence-corrected chi connectivity index (χ3v) is 5.43. The van der Waals surface area contributed by atoms with Crippen molar-refractivity contribution in [3.63, 3.8) is 0 Å². The van der Waals surface area contributed by atoms with Gasteiger partial charge in [-0.1, -0.05) is 12.1 Å². The Morgan fingerprint density at radius 1 is 1.19 bits per heavy atom. The van der Waals surface area contributed by atoms with Crippen LogP contribution >= 0.6 is 0 Å². The highest BCUT2D eigenvalue weighted by Crippen LogP contribution is 2.36. The second-order valence-electron chi connectivity index (χ2n) is 7.55. The van der Waals surface area contributed by atoms with Crippen LogP contribution in [0.25, 0.3) is 0 Å². The van der Waals surface area contributed by atoms with E-state index in [9.17, 15) is 18.0 Å². The molecule has 0 saturated carbocycles. The highest BCUT2D eigenvalue weighted by Gasteiger charge is 2.37. The van der Waals surface area contributed by atoms with Gasteiger partial charge in [0.15, 0.2) is 0 Å². The second-order valence-corrected chi connectivity index (χ2v) is 7.55. The van der Waals surface area contributed by atoms with Crippen molar-refractivity contribution in [2.24, 2.45) is 5.73 Å². The lowest BCUT2D eigenvalue weighted by atomic mass is 10.1. The molecule has 12 heteroatoms. The van der Waals surface area contributed by atoms with Gasteiger partial charge < -0.3 is 30.9 Å². The van der Waals surface area contributed by atoms with Gasteiger partial charge in [0.1, 0.15) is 11.4 Å². The van der Waals surface area contributed by atoms with E-state index in [1.165, 1.54) is 9.80 Å². The first-order valence-corrected chi connectivity index (χ1v) is 10.2. The third kappa shape index (κ3) is 5.02. The topological polar surface area (TPSA) is 109 Å². The Balaban J connectivity index is 1.52. The maximum Gasteiger partial charge on any atom is 0.421 e. The van der Waals surface area contributed by atoms with Crippen molar-refractivity contribution in [3.05, 3.63) is 41.6 Å². The number of alkyl halides is 3. The molecule has 3 heterocycles. The van der Waals surface area contributed by atoms with Gasteiger partial charge in [-0.3, -0.25) is 0 Å². The summed E-state index contributed by atoms with van der Waals surface area (Å²) in [5, 5.41) is 6.23. The molecule has 1 atom stereocenters. The summed E-state index contributed by atoms with van der Waals surface area (Å²) < 4.78 is 46.4. The molecule has 2 saturated heterocycles. The fraction of sp³-hybridized carbons (Fsp3) is 0.450. The third-order valence-electron chi connectivity index (χ3n) is 5.43. The molecule has 2 fully saturated rings. The lowest BCUT2D eigenvalue weighted by Gasteiger charge is -2.35. The second kappa shape index (κ2) is 9.17. The van der Waals surface area contributed by atoms with Gasteiger partial charge in [0, 0.05) is 51.2 Å². The van der Waals surface area contributed by atoms with Gasteiger partial charge in [0.2, 0.25) is 5.95 Å². The summed E-state index contributed by atoms with van der Waals surface area (Å²) in [5.41, 5.74) is 5.98. The van der Waals surface area contributed by atoms with E-state index in [2.05, 4.69) is 20.6 Å². The molecule has 9 nitrogen and oxygen atoms in total. The van der Waals surface area contributed by atoms with Crippen molar-refractivity contribution in [3.8, 4) is 0 Å². The standard InChI is InChI=1S/C20H24F3N7O2/c21-20(22,23)15-11-26-19(28-17(15)29-6-8-30(9-7-29)18(24)31)27-14-3-1-13(2-4-14)16-12-25-5-10-32-16/h1-4,11,16,25H,5-10,12H2,(H2,24,31)(H,26,27,28). The number of hydrogen-bond acceptors (Lipinski definition) is 7. The van der Waals surface area contributed by atoms with Crippen LogP contribution in [-0.4, -0.2) is 66.8 Å². The van der Waals surface area contributed by atoms with Gasteiger partial charge in [-0.05, 0) is 17.7 Å². The zero-order valence-electron chi connectivity index (χ0n) is 17.2. The maximum absolute atomic E-state index is 13.6. The molecular weight excluding hydrogens is 427 g/mol. The summed E-state index contributed by atoms with van der Waals surface area (Å²) in [6.45, 7) is 3.00. The number of carbonyl (C=O) groups excluding carboxylic acids is 1. The summed E-state index contributed by atoms with van der Waals surface area (Å²) in [6.07, 6.45) is -3.86. The zero-order valence-corrected chi connectivity index (χ0v) is 17.2. The summed E-state index contributed by atoms with van der Waals surface area (Å²) in [6, 6.07) is 6.81. The molecular formula is C20H24F3N7O2. The number of primary amides is 1. The Labute approximate surface area is 182 Å². The van der Waals surface area contributed by atoms with Gasteiger partial charge in [-0.15, -0.1) is 0 Å². The maximum atomic E-state index is 13.6. The molecule has 0 spiro atoms. The molecule has 2 aliphatic heterocycles. The number of morpholine rings is 1. The normalized spacial score (nSPS) is 19.7. The molecule has 4 N–H and O–H groups in total. The van der Waals surface area contributed by atoms with Crippen molar-refractivity contribution in [1.82, 2.24) is 20.2 Å². The number of aromatic nitrogens is 2. The molecule has 32 heavy (non-hydrogen) atoms. The van der Waals surface area contributed by atoms with Gasteiger partial charge in [0.05, 0.1) is 12.7 Å². The predicted octanol–water partition coefficient (Wildman–Crippen LogP) is 2.10. The Morgan fingerprint density at radius 3 is 2.50 bits per heavy atom. The minimum absolute atomic E-state index is 0.0363. The molecule has 1 aromatic heterocycles. The Bertz CT molecular complexity index is 941. The Kier molecular flexibility index (Phi) is 6.33. The Hall–Kier alpha value is -3.12. The van der Waals surface area contributed by atoms with Crippen LogP contribution in [0.4, 0.5) is 35.4 Å². The fourth-order valence-electron chi connectivity index (χ4n) is 3.70. The number of ether oxygens (including phenoxy) is 1. The van der Waals surface area contributed by atoms with Crippen LogP contribution in [0.3, 0.4) is 0 Å². The molecule has 0 radical (unpaired) electrons. The minimum atomic E-state index is -4.61.